The lowest BCUT2D eigenvalue weighted by Crippen LogP contribution is -2.10. The van der Waals surface area contributed by atoms with Crippen molar-refractivity contribution < 1.29 is 19.1 Å². The van der Waals surface area contributed by atoms with Crippen molar-refractivity contribution >= 4 is 17.6 Å². The Bertz CT molecular complexity index is 429. The topological polar surface area (TPSA) is 64.6 Å². The second-order valence-corrected chi connectivity index (χ2v) is 3.32. The second kappa shape index (κ2) is 5.89. The van der Waals surface area contributed by atoms with E-state index in [1.54, 1.807) is 19.1 Å². The lowest BCUT2D eigenvalue weighted by Gasteiger charge is -2.10. The molecule has 17 heavy (non-hydrogen) atoms. The number of ether oxygens (including phenoxy) is 2. The molecule has 1 aromatic rings. The number of carbonyl (C=O) groups is 2. The van der Waals surface area contributed by atoms with Gasteiger partial charge in [0.2, 0.25) is 5.91 Å². The molecule has 0 unspecified atom stereocenters. The van der Waals surface area contributed by atoms with Gasteiger partial charge in [0.05, 0.1) is 25.0 Å². The Morgan fingerprint density at radius 2 is 2.06 bits per heavy atom. The highest BCUT2D eigenvalue weighted by molar-refractivity contribution is 5.95. The fourth-order valence-corrected chi connectivity index (χ4v) is 1.34. The van der Waals surface area contributed by atoms with Crippen molar-refractivity contribution in [2.75, 3.05) is 19.0 Å². The third-order valence-corrected chi connectivity index (χ3v) is 2.02. The molecule has 5 nitrogen and oxygen atoms in total. The lowest BCUT2D eigenvalue weighted by molar-refractivity contribution is -0.114. The first-order chi connectivity index (χ1) is 8.08. The summed E-state index contributed by atoms with van der Waals surface area (Å²) in [5.41, 5.74) is 0.821. The zero-order valence-electron chi connectivity index (χ0n) is 10.1. The molecule has 92 valence electrons. The van der Waals surface area contributed by atoms with Gasteiger partial charge in [0, 0.05) is 6.92 Å². The first kappa shape index (κ1) is 13.0. The van der Waals surface area contributed by atoms with Crippen LogP contribution in [0.25, 0.3) is 0 Å². The van der Waals surface area contributed by atoms with Crippen molar-refractivity contribution in [3.63, 3.8) is 0 Å². The largest absolute Gasteiger partial charge is 0.495 e. The normalized spacial score (nSPS) is 9.59. The fourth-order valence-electron chi connectivity index (χ4n) is 1.34. The van der Waals surface area contributed by atoms with Crippen molar-refractivity contribution in [2.45, 2.75) is 13.8 Å². The molecule has 0 heterocycles. The number of carbonyl (C=O) groups excluding carboxylic acids is 2. The summed E-state index contributed by atoms with van der Waals surface area (Å²) in [6.45, 7) is 3.42. The fraction of sp³-hybridized carbons (Fsp3) is 0.333. The van der Waals surface area contributed by atoms with Crippen LogP contribution in [0.2, 0.25) is 0 Å². The van der Waals surface area contributed by atoms with E-state index in [2.05, 4.69) is 5.32 Å². The zero-order chi connectivity index (χ0) is 12.8. The molecule has 0 fully saturated rings. The summed E-state index contributed by atoms with van der Waals surface area (Å²) in [4.78, 5) is 22.5. The van der Waals surface area contributed by atoms with E-state index in [1.165, 1.54) is 20.1 Å². The smallest absolute Gasteiger partial charge is 0.338 e. The van der Waals surface area contributed by atoms with Crippen molar-refractivity contribution in [1.82, 2.24) is 0 Å². The molecule has 0 atom stereocenters. The van der Waals surface area contributed by atoms with Crippen LogP contribution in [0.3, 0.4) is 0 Å². The van der Waals surface area contributed by atoms with Crippen LogP contribution in [0.4, 0.5) is 5.69 Å². The summed E-state index contributed by atoms with van der Waals surface area (Å²) >= 11 is 0. The Morgan fingerprint density at radius 3 is 2.59 bits per heavy atom. The van der Waals surface area contributed by atoms with E-state index < -0.39 is 5.97 Å². The van der Waals surface area contributed by atoms with Gasteiger partial charge in [-0.3, -0.25) is 4.79 Å². The summed E-state index contributed by atoms with van der Waals surface area (Å²) in [5.74, 6) is -0.167. The monoisotopic (exact) mass is 237 g/mol. The summed E-state index contributed by atoms with van der Waals surface area (Å²) in [6, 6.07) is 4.72. The first-order valence-electron chi connectivity index (χ1n) is 5.21. The summed E-state index contributed by atoms with van der Waals surface area (Å²) in [6.07, 6.45) is 0. The molecule has 0 radical (unpaired) electrons. The predicted octanol–water partition coefficient (Wildman–Crippen LogP) is 1.83. The third kappa shape index (κ3) is 3.48. The van der Waals surface area contributed by atoms with Crippen LogP contribution in [0, 0.1) is 0 Å². The van der Waals surface area contributed by atoms with Crippen LogP contribution < -0.4 is 10.1 Å². The van der Waals surface area contributed by atoms with Gasteiger partial charge >= 0.3 is 5.97 Å². The zero-order valence-corrected chi connectivity index (χ0v) is 10.1. The molecule has 0 aliphatic carbocycles. The number of methoxy groups -OCH3 is 1. The minimum Gasteiger partial charge on any atom is -0.495 e. The van der Waals surface area contributed by atoms with E-state index in [-0.39, 0.29) is 5.91 Å². The molecule has 1 aromatic carbocycles. The number of nitrogens with one attached hydrogen (secondary N) is 1. The molecule has 0 spiro atoms. The van der Waals surface area contributed by atoms with Crippen LogP contribution in [0.15, 0.2) is 18.2 Å². The number of anilines is 1. The Morgan fingerprint density at radius 1 is 1.35 bits per heavy atom. The third-order valence-electron chi connectivity index (χ3n) is 2.02. The molecular weight excluding hydrogens is 222 g/mol. The molecule has 1 N–H and O–H groups in total. The highest BCUT2D eigenvalue weighted by Gasteiger charge is 2.11. The molecule has 0 bridgehead atoms. The van der Waals surface area contributed by atoms with Gasteiger partial charge in [0.1, 0.15) is 5.75 Å². The van der Waals surface area contributed by atoms with Crippen LogP contribution in [0.1, 0.15) is 24.2 Å². The van der Waals surface area contributed by atoms with Gasteiger partial charge in [-0.05, 0) is 25.1 Å². The molecule has 0 aliphatic heterocycles. The van der Waals surface area contributed by atoms with Crippen LogP contribution in [-0.2, 0) is 9.53 Å². The summed E-state index contributed by atoms with van der Waals surface area (Å²) in [7, 11) is 1.49. The molecule has 1 rings (SSSR count). The Balaban J connectivity index is 3.03. The number of benzene rings is 1. The number of esters is 1. The first-order valence-corrected chi connectivity index (χ1v) is 5.21. The van der Waals surface area contributed by atoms with Gasteiger partial charge in [-0.2, -0.15) is 0 Å². The van der Waals surface area contributed by atoms with Gasteiger partial charge in [-0.15, -0.1) is 0 Å². The number of hydrogen-bond acceptors (Lipinski definition) is 4. The van der Waals surface area contributed by atoms with Crippen molar-refractivity contribution in [3.05, 3.63) is 23.8 Å². The number of rotatable bonds is 4. The molecule has 0 saturated carbocycles. The van der Waals surface area contributed by atoms with Crippen LogP contribution in [-0.4, -0.2) is 25.6 Å². The van der Waals surface area contributed by atoms with E-state index >= 15 is 0 Å². The molecule has 5 heteroatoms. The second-order valence-electron chi connectivity index (χ2n) is 3.32. The summed E-state index contributed by atoms with van der Waals surface area (Å²) < 4.78 is 9.94. The minimum absolute atomic E-state index is 0.232. The Kier molecular flexibility index (Phi) is 4.51. The minimum atomic E-state index is -0.429. The SMILES string of the molecule is CCOC(=O)c1ccc(OC)c(NC(C)=O)c1. The molecule has 1 amide bonds. The summed E-state index contributed by atoms with van der Waals surface area (Å²) in [5, 5.41) is 2.59. The molecule has 0 aromatic heterocycles. The Labute approximate surface area is 99.7 Å². The highest BCUT2D eigenvalue weighted by Crippen LogP contribution is 2.25. The van der Waals surface area contributed by atoms with E-state index in [0.29, 0.717) is 23.6 Å². The lowest BCUT2D eigenvalue weighted by atomic mass is 10.2. The van der Waals surface area contributed by atoms with E-state index in [1.807, 2.05) is 0 Å². The highest BCUT2D eigenvalue weighted by atomic mass is 16.5. The van der Waals surface area contributed by atoms with Gasteiger partial charge < -0.3 is 14.8 Å². The molecule has 0 aliphatic rings. The van der Waals surface area contributed by atoms with E-state index in [9.17, 15) is 9.59 Å². The van der Waals surface area contributed by atoms with E-state index in [0.717, 1.165) is 0 Å². The average Bonchev–Trinajstić information content (AvgIpc) is 2.28. The van der Waals surface area contributed by atoms with Crippen molar-refractivity contribution in [3.8, 4) is 5.75 Å². The maximum atomic E-state index is 11.5. The predicted molar refractivity (Wildman–Crippen MR) is 63.3 cm³/mol. The number of amides is 1. The average molecular weight is 237 g/mol. The maximum absolute atomic E-state index is 11.5. The standard InChI is InChI=1S/C12H15NO4/c1-4-17-12(15)9-5-6-11(16-3)10(7-9)13-8(2)14/h5-7H,4H2,1-3H3,(H,13,14). The van der Waals surface area contributed by atoms with Gasteiger partial charge in [0.25, 0.3) is 0 Å². The molecular formula is C12H15NO4. The number of hydrogen-bond donors (Lipinski definition) is 1. The van der Waals surface area contributed by atoms with Gasteiger partial charge in [0.15, 0.2) is 0 Å². The maximum Gasteiger partial charge on any atom is 0.338 e. The van der Waals surface area contributed by atoms with Crippen molar-refractivity contribution in [1.29, 1.82) is 0 Å². The van der Waals surface area contributed by atoms with Gasteiger partial charge in [-0.25, -0.2) is 4.79 Å². The van der Waals surface area contributed by atoms with Crippen molar-refractivity contribution in [2.24, 2.45) is 0 Å². The van der Waals surface area contributed by atoms with Crippen LogP contribution >= 0.6 is 0 Å². The van der Waals surface area contributed by atoms with E-state index in [4.69, 9.17) is 9.47 Å². The Hall–Kier alpha value is -2.04. The van der Waals surface area contributed by atoms with Crippen LogP contribution in [0.5, 0.6) is 5.75 Å². The van der Waals surface area contributed by atoms with Gasteiger partial charge in [-0.1, -0.05) is 0 Å². The molecule has 0 saturated heterocycles. The quantitative estimate of drug-likeness (QED) is 0.811.